The number of hydrogen-bond acceptors (Lipinski definition) is 1. The summed E-state index contributed by atoms with van der Waals surface area (Å²) >= 11 is 14.7. The molecule has 0 aromatic heterocycles. The van der Waals surface area contributed by atoms with Crippen molar-refractivity contribution < 1.29 is 4.79 Å². The monoisotopic (exact) mass is 513 g/mol. The lowest BCUT2D eigenvalue weighted by Gasteiger charge is -2.09. The normalized spacial score (nSPS) is 10.3. The van der Waals surface area contributed by atoms with E-state index in [1.54, 1.807) is 24.3 Å². The van der Waals surface area contributed by atoms with Gasteiger partial charge < -0.3 is 5.32 Å². The van der Waals surface area contributed by atoms with Crippen LogP contribution in [0.25, 0.3) is 0 Å². The second kappa shape index (κ2) is 6.56. The zero-order chi connectivity index (χ0) is 14.0. The molecule has 0 saturated heterocycles. The van der Waals surface area contributed by atoms with Gasteiger partial charge in [-0.25, -0.2) is 0 Å². The van der Waals surface area contributed by atoms with Crippen molar-refractivity contribution in [1.82, 2.24) is 0 Å². The first-order valence-electron chi connectivity index (χ1n) is 5.19. The number of rotatable bonds is 2. The van der Waals surface area contributed by atoms with E-state index in [9.17, 15) is 4.79 Å². The van der Waals surface area contributed by atoms with Crippen LogP contribution in [0.15, 0.2) is 45.3 Å². The van der Waals surface area contributed by atoms with Crippen LogP contribution in [-0.4, -0.2) is 5.91 Å². The molecule has 98 valence electrons. The molecule has 0 aliphatic heterocycles. The van der Waals surface area contributed by atoms with Gasteiger partial charge in [0.1, 0.15) is 0 Å². The molecule has 2 rings (SSSR count). The van der Waals surface area contributed by atoms with Crippen LogP contribution in [0.4, 0.5) is 5.69 Å². The first-order chi connectivity index (χ1) is 8.97. The number of carbonyl (C=O) groups is 1. The van der Waals surface area contributed by atoms with Crippen LogP contribution < -0.4 is 5.32 Å². The van der Waals surface area contributed by atoms with Crippen LogP contribution in [0.5, 0.6) is 0 Å². The van der Waals surface area contributed by atoms with Crippen LogP contribution in [0, 0.1) is 3.57 Å². The minimum atomic E-state index is -0.159. The Bertz CT molecular complexity index is 649. The molecule has 0 bridgehead atoms. The Hall–Kier alpha value is -0.110. The van der Waals surface area contributed by atoms with Crippen LogP contribution in [0.2, 0.25) is 5.02 Å². The number of halogens is 4. The molecular weight excluding hydrogens is 508 g/mol. The number of hydrogen-bond donors (Lipinski definition) is 1. The third-order valence-electron chi connectivity index (χ3n) is 2.35. The molecule has 0 atom stereocenters. The van der Waals surface area contributed by atoms with Crippen molar-refractivity contribution in [2.45, 2.75) is 0 Å². The van der Waals surface area contributed by atoms with Gasteiger partial charge in [0, 0.05) is 17.5 Å². The first-order valence-corrected chi connectivity index (χ1v) is 8.23. The summed E-state index contributed by atoms with van der Waals surface area (Å²) in [6.45, 7) is 0. The molecule has 0 heterocycles. The Kier molecular flexibility index (Phi) is 5.28. The van der Waals surface area contributed by atoms with Gasteiger partial charge in [-0.3, -0.25) is 4.79 Å². The van der Waals surface area contributed by atoms with E-state index in [0.717, 1.165) is 12.5 Å². The molecule has 2 nitrogen and oxygen atoms in total. The van der Waals surface area contributed by atoms with Gasteiger partial charge in [-0.2, -0.15) is 0 Å². The zero-order valence-corrected chi connectivity index (χ0v) is 15.5. The Labute approximate surface area is 146 Å². The Balaban J connectivity index is 2.28. The molecule has 1 amide bonds. The molecule has 0 aliphatic carbocycles. The quantitative estimate of drug-likeness (QED) is 0.510. The maximum absolute atomic E-state index is 12.2. The van der Waals surface area contributed by atoms with E-state index < -0.39 is 0 Å². The molecule has 0 saturated carbocycles. The fraction of sp³-hybridized carbons (Fsp3) is 0. The summed E-state index contributed by atoms with van der Waals surface area (Å²) in [6, 6.07) is 10.8. The van der Waals surface area contributed by atoms with E-state index in [0.29, 0.717) is 16.3 Å². The largest absolute Gasteiger partial charge is 0.321 e. The fourth-order valence-corrected chi connectivity index (χ4v) is 3.18. The lowest BCUT2D eigenvalue weighted by Crippen LogP contribution is -2.13. The van der Waals surface area contributed by atoms with E-state index in [2.05, 4.69) is 59.8 Å². The van der Waals surface area contributed by atoms with Crippen molar-refractivity contribution in [2.24, 2.45) is 0 Å². The third kappa shape index (κ3) is 3.93. The van der Waals surface area contributed by atoms with Crippen molar-refractivity contribution in [3.63, 3.8) is 0 Å². The van der Waals surface area contributed by atoms with Crippen LogP contribution in [-0.2, 0) is 0 Å². The summed E-state index contributed by atoms with van der Waals surface area (Å²) in [5.74, 6) is -0.159. The summed E-state index contributed by atoms with van der Waals surface area (Å²) in [6.07, 6.45) is 0. The number of anilines is 1. The summed E-state index contributed by atoms with van der Waals surface area (Å²) < 4.78 is 2.51. The minimum Gasteiger partial charge on any atom is -0.321 e. The van der Waals surface area contributed by atoms with Crippen LogP contribution in [0.1, 0.15) is 10.4 Å². The van der Waals surface area contributed by atoms with Crippen molar-refractivity contribution in [3.05, 3.63) is 59.5 Å². The van der Waals surface area contributed by atoms with Crippen molar-refractivity contribution in [3.8, 4) is 0 Å². The van der Waals surface area contributed by atoms with E-state index in [1.165, 1.54) is 0 Å². The summed E-state index contributed by atoms with van der Waals surface area (Å²) in [5, 5.41) is 3.46. The molecule has 0 spiro atoms. The predicted molar refractivity (Wildman–Crippen MR) is 94.0 cm³/mol. The lowest BCUT2D eigenvalue weighted by molar-refractivity contribution is 0.102. The minimum absolute atomic E-state index is 0.159. The molecule has 6 heteroatoms. The molecule has 0 fully saturated rings. The highest BCUT2D eigenvalue weighted by Gasteiger charge is 2.12. The molecule has 0 aliphatic rings. The summed E-state index contributed by atoms with van der Waals surface area (Å²) in [5.41, 5.74) is 1.31. The molecule has 2 aromatic carbocycles. The number of nitrogens with one attached hydrogen (secondary N) is 1. The van der Waals surface area contributed by atoms with Gasteiger partial charge >= 0.3 is 0 Å². The Morgan fingerprint density at radius 3 is 2.58 bits per heavy atom. The highest BCUT2D eigenvalue weighted by molar-refractivity contribution is 14.1. The standard InChI is InChI=1S/C13H7Br2ClINO/c14-7-1-3-11(17)9(5-7)13(19)18-12-4-2-8(16)6-10(12)15/h1-6H,(H,18,19). The molecule has 1 N–H and O–H groups in total. The van der Waals surface area contributed by atoms with E-state index >= 15 is 0 Å². The average molecular weight is 515 g/mol. The Morgan fingerprint density at radius 1 is 1.16 bits per heavy atom. The number of amides is 1. The zero-order valence-electron chi connectivity index (χ0n) is 9.38. The van der Waals surface area contributed by atoms with E-state index in [1.807, 2.05) is 12.1 Å². The molecule has 2 aromatic rings. The van der Waals surface area contributed by atoms with Gasteiger partial charge in [0.05, 0.1) is 11.3 Å². The van der Waals surface area contributed by atoms with Gasteiger partial charge in [0.15, 0.2) is 0 Å². The molecule has 0 unspecified atom stereocenters. The van der Waals surface area contributed by atoms with Crippen molar-refractivity contribution >= 4 is 77.6 Å². The topological polar surface area (TPSA) is 29.1 Å². The summed E-state index contributed by atoms with van der Waals surface area (Å²) in [4.78, 5) is 12.2. The fourth-order valence-electron chi connectivity index (χ4n) is 1.45. The van der Waals surface area contributed by atoms with E-state index in [-0.39, 0.29) is 5.91 Å². The maximum Gasteiger partial charge on any atom is 0.256 e. The second-order valence-corrected chi connectivity index (χ2v) is 7.07. The number of carbonyl (C=O) groups excluding carboxylic acids is 1. The lowest BCUT2D eigenvalue weighted by atomic mass is 10.2. The maximum atomic E-state index is 12.2. The molecular formula is C13H7Br2ClINO. The predicted octanol–water partition coefficient (Wildman–Crippen LogP) is 5.72. The first kappa shape index (κ1) is 15.3. The summed E-state index contributed by atoms with van der Waals surface area (Å²) in [7, 11) is 0. The Morgan fingerprint density at radius 2 is 1.89 bits per heavy atom. The second-order valence-electron chi connectivity index (χ2n) is 3.70. The van der Waals surface area contributed by atoms with Gasteiger partial charge in [0.25, 0.3) is 5.91 Å². The van der Waals surface area contributed by atoms with Gasteiger partial charge in [0.2, 0.25) is 0 Å². The van der Waals surface area contributed by atoms with Gasteiger partial charge in [-0.1, -0.05) is 27.5 Å². The highest BCUT2D eigenvalue weighted by Crippen LogP contribution is 2.27. The van der Waals surface area contributed by atoms with Crippen molar-refractivity contribution in [2.75, 3.05) is 5.32 Å². The van der Waals surface area contributed by atoms with E-state index in [4.69, 9.17) is 11.6 Å². The SMILES string of the molecule is O=C(Nc1ccc(Cl)cc1Br)c1cc(Br)ccc1I. The smallest absolute Gasteiger partial charge is 0.256 e. The molecule has 0 radical (unpaired) electrons. The third-order valence-corrected chi connectivity index (χ3v) is 4.68. The van der Waals surface area contributed by atoms with Gasteiger partial charge in [-0.15, -0.1) is 0 Å². The number of benzene rings is 2. The average Bonchev–Trinajstić information content (AvgIpc) is 2.35. The molecule has 19 heavy (non-hydrogen) atoms. The van der Waals surface area contributed by atoms with Gasteiger partial charge in [-0.05, 0) is 74.9 Å². The highest BCUT2D eigenvalue weighted by atomic mass is 127. The van der Waals surface area contributed by atoms with Crippen molar-refractivity contribution in [1.29, 1.82) is 0 Å². The van der Waals surface area contributed by atoms with Crippen LogP contribution in [0.3, 0.4) is 0 Å². The van der Waals surface area contributed by atoms with Crippen LogP contribution >= 0.6 is 66.1 Å².